The van der Waals surface area contributed by atoms with Crippen molar-refractivity contribution in [2.45, 2.75) is 38.5 Å². The lowest BCUT2D eigenvalue weighted by molar-refractivity contribution is 0.0162. The fourth-order valence-corrected chi connectivity index (χ4v) is 2.13. The highest BCUT2D eigenvalue weighted by molar-refractivity contribution is 6.32. The van der Waals surface area contributed by atoms with Crippen LogP contribution in [0.3, 0.4) is 0 Å². The fourth-order valence-electron chi connectivity index (χ4n) is 1.88. The number of nitrogens with one attached hydrogen (secondary N) is 1. The summed E-state index contributed by atoms with van der Waals surface area (Å²) in [4.78, 5) is 0. The van der Waals surface area contributed by atoms with Crippen molar-refractivity contribution in [3.63, 3.8) is 0 Å². The maximum atomic E-state index is 9.74. The molecular weight excluding hydrogens is 278 g/mol. The van der Waals surface area contributed by atoms with Gasteiger partial charge in [-0.25, -0.2) is 0 Å². The van der Waals surface area contributed by atoms with Crippen LogP contribution < -0.4 is 10.1 Å². The first-order valence-electron chi connectivity index (χ1n) is 7.10. The summed E-state index contributed by atoms with van der Waals surface area (Å²) in [5.41, 5.74) is 1.02. The maximum Gasteiger partial charge on any atom is 0.142 e. The molecule has 2 N–H and O–H groups in total. The van der Waals surface area contributed by atoms with Crippen LogP contribution in [0, 0.1) is 0 Å². The summed E-state index contributed by atoms with van der Waals surface area (Å²) < 4.78 is 10.8. The molecule has 4 nitrogen and oxygen atoms in total. The molecule has 0 aliphatic heterocycles. The molecule has 0 bridgehead atoms. The first-order valence-corrected chi connectivity index (χ1v) is 7.48. The Morgan fingerprint density at radius 3 is 2.90 bits per heavy atom. The topological polar surface area (TPSA) is 50.7 Å². The predicted molar refractivity (Wildman–Crippen MR) is 79.3 cm³/mol. The first-order chi connectivity index (χ1) is 9.70. The maximum absolute atomic E-state index is 9.74. The van der Waals surface area contributed by atoms with E-state index < -0.39 is 6.10 Å². The Balaban J connectivity index is 1.90. The number of ether oxygens (including phenoxy) is 2. The summed E-state index contributed by atoms with van der Waals surface area (Å²) in [5, 5.41) is 13.8. The van der Waals surface area contributed by atoms with Gasteiger partial charge in [0.2, 0.25) is 0 Å². The largest absolute Gasteiger partial charge is 0.489 e. The van der Waals surface area contributed by atoms with Gasteiger partial charge in [-0.15, -0.1) is 0 Å². The van der Waals surface area contributed by atoms with Gasteiger partial charge in [0.1, 0.15) is 18.5 Å². The minimum atomic E-state index is -0.643. The number of aliphatic hydroxyl groups excluding tert-OH is 1. The molecule has 1 fully saturated rings. The molecule has 5 heteroatoms. The molecule has 1 aliphatic rings. The summed E-state index contributed by atoms with van der Waals surface area (Å²) in [6.45, 7) is 3.67. The molecule has 0 saturated heterocycles. The Kier molecular flexibility index (Phi) is 6.10. The van der Waals surface area contributed by atoms with E-state index in [0.717, 1.165) is 12.1 Å². The molecule has 0 aromatic heterocycles. The molecule has 0 spiro atoms. The monoisotopic (exact) mass is 299 g/mol. The van der Waals surface area contributed by atoms with Crippen LogP contribution in [0.1, 0.15) is 25.3 Å². The van der Waals surface area contributed by atoms with Gasteiger partial charge in [0.15, 0.2) is 0 Å². The van der Waals surface area contributed by atoms with E-state index in [9.17, 15) is 5.11 Å². The Morgan fingerprint density at radius 2 is 2.20 bits per heavy atom. The van der Waals surface area contributed by atoms with Crippen molar-refractivity contribution in [3.05, 3.63) is 28.8 Å². The molecule has 1 atom stereocenters. The molecule has 1 aromatic carbocycles. The van der Waals surface area contributed by atoms with Gasteiger partial charge >= 0.3 is 0 Å². The van der Waals surface area contributed by atoms with E-state index in [0.29, 0.717) is 23.4 Å². The van der Waals surface area contributed by atoms with Gasteiger partial charge in [-0.3, -0.25) is 0 Å². The van der Waals surface area contributed by atoms with Crippen molar-refractivity contribution in [3.8, 4) is 5.75 Å². The number of benzene rings is 1. The Hall–Kier alpha value is -0.810. The van der Waals surface area contributed by atoms with Crippen molar-refractivity contribution in [1.82, 2.24) is 5.32 Å². The molecule has 0 amide bonds. The lowest BCUT2D eigenvalue weighted by atomic mass is 10.2. The van der Waals surface area contributed by atoms with Crippen molar-refractivity contribution >= 4 is 11.6 Å². The summed E-state index contributed by atoms with van der Waals surface area (Å²) in [7, 11) is 0. The van der Waals surface area contributed by atoms with E-state index in [4.69, 9.17) is 21.1 Å². The fraction of sp³-hybridized carbons (Fsp3) is 0.600. The van der Waals surface area contributed by atoms with Crippen LogP contribution in [0.25, 0.3) is 0 Å². The molecule has 1 saturated carbocycles. The molecule has 0 heterocycles. The summed E-state index contributed by atoms with van der Waals surface area (Å²) in [6.07, 6.45) is 1.84. The quantitative estimate of drug-likeness (QED) is 0.735. The van der Waals surface area contributed by atoms with E-state index >= 15 is 0 Å². The minimum Gasteiger partial charge on any atom is -0.489 e. The van der Waals surface area contributed by atoms with Crippen molar-refractivity contribution in [2.24, 2.45) is 0 Å². The van der Waals surface area contributed by atoms with E-state index in [2.05, 4.69) is 5.32 Å². The van der Waals surface area contributed by atoms with Crippen LogP contribution in [-0.4, -0.2) is 37.1 Å². The summed E-state index contributed by atoms with van der Waals surface area (Å²) >= 11 is 6.18. The van der Waals surface area contributed by atoms with Crippen LogP contribution >= 0.6 is 11.6 Å². The van der Waals surface area contributed by atoms with E-state index in [1.54, 1.807) is 6.07 Å². The minimum absolute atomic E-state index is 0.181. The molecule has 1 aromatic rings. The number of rotatable bonds is 9. The van der Waals surface area contributed by atoms with Crippen LogP contribution in [0.4, 0.5) is 0 Å². The molecule has 0 radical (unpaired) electrons. The summed E-state index contributed by atoms with van der Waals surface area (Å²) in [6, 6.07) is 6.33. The number of hydrogen-bond acceptors (Lipinski definition) is 4. The number of aliphatic hydroxyl groups is 1. The Morgan fingerprint density at radius 1 is 1.40 bits per heavy atom. The van der Waals surface area contributed by atoms with Gasteiger partial charge in [0.25, 0.3) is 0 Å². The highest BCUT2D eigenvalue weighted by atomic mass is 35.5. The zero-order valence-corrected chi connectivity index (χ0v) is 12.5. The second-order valence-electron chi connectivity index (χ2n) is 5.01. The van der Waals surface area contributed by atoms with Crippen molar-refractivity contribution in [1.29, 1.82) is 0 Å². The lowest BCUT2D eigenvalue weighted by Gasteiger charge is -2.16. The SMILES string of the molecule is CCOCC(O)COc1c(Cl)cccc1CNC1CC1. The van der Waals surface area contributed by atoms with Crippen LogP contribution in [0.15, 0.2) is 18.2 Å². The smallest absolute Gasteiger partial charge is 0.142 e. The van der Waals surface area contributed by atoms with Crippen LogP contribution in [-0.2, 0) is 11.3 Å². The Bertz CT molecular complexity index is 424. The molecule has 1 aliphatic carbocycles. The van der Waals surface area contributed by atoms with Gasteiger partial charge < -0.3 is 19.9 Å². The van der Waals surface area contributed by atoms with Crippen LogP contribution in [0.5, 0.6) is 5.75 Å². The normalized spacial score (nSPS) is 16.1. The van der Waals surface area contributed by atoms with Crippen LogP contribution in [0.2, 0.25) is 5.02 Å². The zero-order chi connectivity index (χ0) is 14.4. The zero-order valence-electron chi connectivity index (χ0n) is 11.8. The molecule has 1 unspecified atom stereocenters. The third-order valence-electron chi connectivity index (χ3n) is 3.14. The van der Waals surface area contributed by atoms with Crippen molar-refractivity contribution < 1.29 is 14.6 Å². The number of halogens is 1. The third-order valence-corrected chi connectivity index (χ3v) is 3.44. The van der Waals surface area contributed by atoms with E-state index in [-0.39, 0.29) is 13.2 Å². The van der Waals surface area contributed by atoms with Gasteiger partial charge in [0, 0.05) is 24.8 Å². The molecule has 112 valence electrons. The second-order valence-corrected chi connectivity index (χ2v) is 5.41. The second kappa shape index (κ2) is 7.84. The molecule has 2 rings (SSSR count). The first kappa shape index (κ1) is 15.6. The lowest BCUT2D eigenvalue weighted by Crippen LogP contribution is -2.24. The van der Waals surface area contributed by atoms with E-state index in [1.807, 2.05) is 19.1 Å². The Labute approximate surface area is 125 Å². The third kappa shape index (κ3) is 4.94. The van der Waals surface area contributed by atoms with Gasteiger partial charge in [0.05, 0.1) is 11.6 Å². The number of para-hydroxylation sites is 1. The molecule has 20 heavy (non-hydrogen) atoms. The van der Waals surface area contributed by atoms with Crippen molar-refractivity contribution in [2.75, 3.05) is 19.8 Å². The van der Waals surface area contributed by atoms with Gasteiger partial charge in [-0.1, -0.05) is 23.7 Å². The highest BCUT2D eigenvalue weighted by Gasteiger charge is 2.21. The summed E-state index contributed by atoms with van der Waals surface area (Å²) in [5.74, 6) is 0.651. The predicted octanol–water partition coefficient (Wildman–Crippen LogP) is 2.37. The standard InChI is InChI=1S/C15H22ClNO3/c1-2-19-9-13(18)10-20-15-11(4-3-5-14(15)16)8-17-12-6-7-12/h3-5,12-13,17-18H,2,6-10H2,1H3. The highest BCUT2D eigenvalue weighted by Crippen LogP contribution is 2.29. The number of hydrogen-bond donors (Lipinski definition) is 2. The van der Waals surface area contributed by atoms with Gasteiger partial charge in [-0.05, 0) is 25.8 Å². The van der Waals surface area contributed by atoms with E-state index in [1.165, 1.54) is 12.8 Å². The average molecular weight is 300 g/mol. The molecular formula is C15H22ClNO3. The average Bonchev–Trinajstić information content (AvgIpc) is 3.26. The van der Waals surface area contributed by atoms with Gasteiger partial charge in [-0.2, -0.15) is 0 Å².